The number of carboxylic acids is 1. The Morgan fingerprint density at radius 3 is 2.63 bits per heavy atom. The van der Waals surface area contributed by atoms with Crippen LogP contribution in [0, 0.1) is 13.8 Å². The summed E-state index contributed by atoms with van der Waals surface area (Å²) in [5.41, 5.74) is 3.35. The highest BCUT2D eigenvalue weighted by atomic mass is 35.5. The Hall–Kier alpha value is -3.10. The van der Waals surface area contributed by atoms with Gasteiger partial charge in [0, 0.05) is 27.9 Å². The highest BCUT2D eigenvalue weighted by molar-refractivity contribution is 8.00. The highest BCUT2D eigenvalue weighted by Gasteiger charge is 2.15. The molecule has 4 aromatic rings. The van der Waals surface area contributed by atoms with E-state index in [9.17, 15) is 9.90 Å². The molecule has 3 heterocycles. The van der Waals surface area contributed by atoms with Crippen molar-refractivity contribution >= 4 is 46.1 Å². The normalized spacial score (nSPS) is 11.0. The van der Waals surface area contributed by atoms with Crippen LogP contribution in [0.4, 0.5) is 5.69 Å². The summed E-state index contributed by atoms with van der Waals surface area (Å²) in [6.45, 7) is 3.57. The number of hydrogen-bond donors (Lipinski definition) is 1. The lowest BCUT2D eigenvalue weighted by atomic mass is 10.2. The van der Waals surface area contributed by atoms with E-state index in [-0.39, 0.29) is 6.54 Å². The minimum atomic E-state index is -0.924. The molecule has 0 amide bonds. The lowest BCUT2D eigenvalue weighted by molar-refractivity contribution is -0.135. The number of halogens is 1. The van der Waals surface area contributed by atoms with Crippen LogP contribution in [-0.4, -0.2) is 37.4 Å². The molecule has 30 heavy (non-hydrogen) atoms. The standard InChI is InChI=1S/C21H18ClN5O2S/c1-13-3-6-20(25-24-13)26-8-7-15-10-16(4-5-18(15)26)27(12-21(28)29)30-17-9-14(2)23-19(22)11-17/h3-11H,12H2,1-2H3,(H,28,29). The van der Waals surface area contributed by atoms with E-state index in [0.717, 1.165) is 38.7 Å². The summed E-state index contributed by atoms with van der Waals surface area (Å²) in [6, 6.07) is 15.2. The molecular weight excluding hydrogens is 422 g/mol. The number of anilines is 1. The Kier molecular flexibility index (Phi) is 5.61. The summed E-state index contributed by atoms with van der Waals surface area (Å²) < 4.78 is 3.67. The van der Waals surface area contributed by atoms with Gasteiger partial charge in [-0.2, -0.15) is 5.10 Å². The maximum atomic E-state index is 11.5. The fourth-order valence-electron chi connectivity index (χ4n) is 3.08. The van der Waals surface area contributed by atoms with Gasteiger partial charge >= 0.3 is 5.97 Å². The van der Waals surface area contributed by atoms with Crippen molar-refractivity contribution in [3.8, 4) is 5.82 Å². The fourth-order valence-corrected chi connectivity index (χ4v) is 4.43. The van der Waals surface area contributed by atoms with Crippen molar-refractivity contribution in [1.82, 2.24) is 19.7 Å². The monoisotopic (exact) mass is 439 g/mol. The molecule has 0 radical (unpaired) electrons. The Morgan fingerprint density at radius 2 is 1.93 bits per heavy atom. The van der Waals surface area contributed by atoms with Gasteiger partial charge in [0.1, 0.15) is 11.7 Å². The highest BCUT2D eigenvalue weighted by Crippen LogP contribution is 2.33. The molecule has 0 aliphatic rings. The minimum absolute atomic E-state index is 0.167. The molecule has 0 saturated heterocycles. The van der Waals surface area contributed by atoms with E-state index < -0.39 is 5.97 Å². The molecule has 3 aromatic heterocycles. The molecule has 1 N–H and O–H groups in total. The topological polar surface area (TPSA) is 84.1 Å². The van der Waals surface area contributed by atoms with Gasteiger partial charge in [0.15, 0.2) is 5.82 Å². The van der Waals surface area contributed by atoms with Crippen LogP contribution in [0.25, 0.3) is 16.7 Å². The Balaban J connectivity index is 1.69. The first-order chi connectivity index (χ1) is 14.4. The van der Waals surface area contributed by atoms with Crippen LogP contribution in [0.3, 0.4) is 0 Å². The van der Waals surface area contributed by atoms with E-state index in [4.69, 9.17) is 11.6 Å². The second-order valence-corrected chi connectivity index (χ2v) is 8.23. The number of hydrogen-bond acceptors (Lipinski definition) is 6. The van der Waals surface area contributed by atoms with Crippen molar-refractivity contribution in [3.63, 3.8) is 0 Å². The van der Waals surface area contributed by atoms with Crippen LogP contribution < -0.4 is 4.31 Å². The molecule has 0 atom stereocenters. The SMILES string of the molecule is Cc1ccc(-n2ccc3cc(N(CC(=O)O)Sc4cc(C)nc(Cl)c4)ccc32)nn1. The molecule has 0 aliphatic heterocycles. The van der Waals surface area contributed by atoms with E-state index >= 15 is 0 Å². The second-order valence-electron chi connectivity index (χ2n) is 6.75. The number of carbonyl (C=O) groups is 1. The lowest BCUT2D eigenvalue weighted by Crippen LogP contribution is -2.22. The predicted octanol–water partition coefficient (Wildman–Crippen LogP) is 4.68. The van der Waals surface area contributed by atoms with Gasteiger partial charge in [-0.1, -0.05) is 11.6 Å². The van der Waals surface area contributed by atoms with Crippen molar-refractivity contribution < 1.29 is 9.90 Å². The smallest absolute Gasteiger partial charge is 0.324 e. The molecular formula is C21H18ClN5O2S. The maximum Gasteiger partial charge on any atom is 0.324 e. The van der Waals surface area contributed by atoms with Gasteiger partial charge in [0.25, 0.3) is 0 Å². The molecule has 0 spiro atoms. The van der Waals surface area contributed by atoms with Crippen LogP contribution >= 0.6 is 23.5 Å². The quantitative estimate of drug-likeness (QED) is 0.344. The third-order valence-corrected chi connectivity index (χ3v) is 5.58. The average molecular weight is 440 g/mol. The molecule has 0 fully saturated rings. The van der Waals surface area contributed by atoms with Crippen molar-refractivity contribution in [1.29, 1.82) is 0 Å². The molecule has 9 heteroatoms. The first-order valence-electron chi connectivity index (χ1n) is 9.12. The van der Waals surface area contributed by atoms with Crippen molar-refractivity contribution in [3.05, 3.63) is 71.3 Å². The van der Waals surface area contributed by atoms with Crippen LogP contribution in [0.1, 0.15) is 11.4 Å². The van der Waals surface area contributed by atoms with Crippen LogP contribution in [0.15, 0.2) is 59.6 Å². The van der Waals surface area contributed by atoms with Gasteiger partial charge in [-0.25, -0.2) is 4.98 Å². The summed E-state index contributed by atoms with van der Waals surface area (Å²) in [5.74, 6) is -0.200. The zero-order valence-corrected chi connectivity index (χ0v) is 17.9. The maximum absolute atomic E-state index is 11.5. The summed E-state index contributed by atoms with van der Waals surface area (Å²) in [4.78, 5) is 16.5. The molecule has 7 nitrogen and oxygen atoms in total. The van der Waals surface area contributed by atoms with E-state index in [1.807, 2.05) is 67.1 Å². The Bertz CT molecular complexity index is 1210. The number of fused-ring (bicyclic) bond motifs is 1. The summed E-state index contributed by atoms with van der Waals surface area (Å²) in [5, 5.41) is 19.1. The predicted molar refractivity (Wildman–Crippen MR) is 118 cm³/mol. The number of aryl methyl sites for hydroxylation is 2. The third kappa shape index (κ3) is 4.39. The molecule has 152 valence electrons. The van der Waals surface area contributed by atoms with Gasteiger partial charge < -0.3 is 9.41 Å². The van der Waals surface area contributed by atoms with Gasteiger partial charge in [0.2, 0.25) is 0 Å². The molecule has 0 unspecified atom stereocenters. The third-order valence-electron chi connectivity index (χ3n) is 4.38. The molecule has 0 aliphatic carbocycles. The number of nitrogens with zero attached hydrogens (tertiary/aromatic N) is 5. The van der Waals surface area contributed by atoms with Gasteiger partial charge in [-0.05, 0) is 74.3 Å². The van der Waals surface area contributed by atoms with Crippen molar-refractivity contribution in [2.45, 2.75) is 18.7 Å². The van der Waals surface area contributed by atoms with Crippen LogP contribution in [0.2, 0.25) is 5.15 Å². The van der Waals surface area contributed by atoms with Crippen LogP contribution in [0.5, 0.6) is 0 Å². The number of rotatable bonds is 6. The van der Waals surface area contributed by atoms with Gasteiger partial charge in [-0.3, -0.25) is 9.36 Å². The molecule has 1 aromatic carbocycles. The Labute approximate surface area is 182 Å². The van der Waals surface area contributed by atoms with Gasteiger partial charge in [0.05, 0.1) is 11.2 Å². The minimum Gasteiger partial charge on any atom is -0.480 e. The first kappa shape index (κ1) is 20.2. The van der Waals surface area contributed by atoms with Crippen LogP contribution in [-0.2, 0) is 4.79 Å². The zero-order chi connectivity index (χ0) is 21.3. The number of benzene rings is 1. The largest absolute Gasteiger partial charge is 0.480 e. The van der Waals surface area contributed by atoms with Crippen molar-refractivity contribution in [2.75, 3.05) is 10.8 Å². The van der Waals surface area contributed by atoms with E-state index in [0.29, 0.717) is 5.15 Å². The lowest BCUT2D eigenvalue weighted by Gasteiger charge is -2.22. The number of carboxylic acid groups (broad SMARTS) is 1. The number of aromatic nitrogens is 4. The summed E-state index contributed by atoms with van der Waals surface area (Å²) in [6.07, 6.45) is 1.93. The average Bonchev–Trinajstić information content (AvgIpc) is 3.10. The van der Waals surface area contributed by atoms with E-state index in [1.165, 1.54) is 11.9 Å². The van der Waals surface area contributed by atoms with Gasteiger partial charge in [-0.15, -0.1) is 5.10 Å². The summed E-state index contributed by atoms with van der Waals surface area (Å²) in [7, 11) is 0. The van der Waals surface area contributed by atoms with Crippen molar-refractivity contribution in [2.24, 2.45) is 0 Å². The van der Waals surface area contributed by atoms with E-state index in [1.54, 1.807) is 10.4 Å². The zero-order valence-electron chi connectivity index (χ0n) is 16.3. The second kappa shape index (κ2) is 8.33. The summed E-state index contributed by atoms with van der Waals surface area (Å²) >= 11 is 7.37. The van der Waals surface area contributed by atoms with E-state index in [2.05, 4.69) is 15.2 Å². The first-order valence-corrected chi connectivity index (χ1v) is 10.3. The Morgan fingerprint density at radius 1 is 1.10 bits per heavy atom. The molecule has 4 rings (SSSR count). The number of aliphatic carboxylic acids is 1. The number of pyridine rings is 1. The molecule has 0 bridgehead atoms. The molecule has 0 saturated carbocycles. The fraction of sp³-hybridized carbons (Fsp3) is 0.143.